The summed E-state index contributed by atoms with van der Waals surface area (Å²) >= 11 is 0. The van der Waals surface area contributed by atoms with Gasteiger partial charge in [0, 0.05) is 22.5 Å². The second kappa shape index (κ2) is 11.0. The van der Waals surface area contributed by atoms with E-state index in [0.717, 1.165) is 28.2 Å². The molecule has 0 bridgehead atoms. The Kier molecular flexibility index (Phi) is 6.94. The van der Waals surface area contributed by atoms with Gasteiger partial charge in [-0.05, 0) is 42.5 Å². The lowest BCUT2D eigenvalue weighted by Crippen LogP contribution is -2.12. The van der Waals surface area contributed by atoms with Gasteiger partial charge in [-0.3, -0.25) is 0 Å². The minimum atomic E-state index is -3.82. The Morgan fingerprint density at radius 1 is 0.610 bits per heavy atom. The normalized spacial score (nSPS) is 11.2. The van der Waals surface area contributed by atoms with Gasteiger partial charge in [-0.1, -0.05) is 78.9 Å². The first kappa shape index (κ1) is 25.9. The summed E-state index contributed by atoms with van der Waals surface area (Å²) in [5.41, 5.74) is 4.80. The molecule has 0 saturated heterocycles. The summed E-state index contributed by atoms with van der Waals surface area (Å²) < 4.78 is 25.0. The first-order valence-corrected chi connectivity index (χ1v) is 14.2. The minimum Gasteiger partial charge on any atom is -0.324 e. The van der Waals surface area contributed by atoms with Crippen LogP contribution in [0.3, 0.4) is 0 Å². The average Bonchev–Trinajstić information content (AvgIpc) is 3.44. The van der Waals surface area contributed by atoms with Crippen LogP contribution in [-0.4, -0.2) is 33.2 Å². The molecule has 0 aliphatic rings. The molecule has 41 heavy (non-hydrogen) atoms. The van der Waals surface area contributed by atoms with Gasteiger partial charge in [-0.2, -0.15) is 24.7 Å². The van der Waals surface area contributed by atoms with Gasteiger partial charge < -0.3 is 10.6 Å². The summed E-state index contributed by atoms with van der Waals surface area (Å²) in [7, 11) is -3.82. The lowest BCUT2D eigenvalue weighted by molar-refractivity contribution is 0.598. The number of hydrogen-bond donors (Lipinski definition) is 3. The maximum Gasteiger partial charge on any atom is 0.257 e. The first-order chi connectivity index (χ1) is 19.9. The highest BCUT2D eigenvalue weighted by Crippen LogP contribution is 2.29. The topological polar surface area (TPSA) is 141 Å². The van der Waals surface area contributed by atoms with Crippen LogP contribution >= 0.6 is 0 Å². The van der Waals surface area contributed by atoms with Gasteiger partial charge in [-0.15, -0.1) is 0 Å². The predicted molar refractivity (Wildman–Crippen MR) is 159 cm³/mol. The Hall–Kier alpha value is -5.39. The van der Waals surface area contributed by atoms with Crippen LogP contribution in [0.25, 0.3) is 28.5 Å². The lowest BCUT2D eigenvalue weighted by Gasteiger charge is -2.12. The first-order valence-electron chi connectivity index (χ1n) is 12.6. The molecule has 0 fully saturated rings. The molecule has 0 radical (unpaired) electrons. The standard InChI is InChI=1S/C30H24N8O2S/c31-41(39,40)25-18-16-24(17-19-25)33-29-34-28(32-23-14-8-3-9-15-23)35-30(36-29)38-27(22-12-6-2-7-13-22)20-26(37-38)21-10-4-1-5-11-21/h1-20H,(H2,31,39,40)(H2,32,33,34,35,36). The van der Waals surface area contributed by atoms with Crippen LogP contribution in [0.2, 0.25) is 0 Å². The fraction of sp³-hybridized carbons (Fsp3) is 0. The number of nitrogens with one attached hydrogen (secondary N) is 2. The Morgan fingerprint density at radius 2 is 1.12 bits per heavy atom. The van der Waals surface area contributed by atoms with E-state index in [1.54, 1.807) is 16.8 Å². The largest absolute Gasteiger partial charge is 0.324 e. The maximum absolute atomic E-state index is 11.7. The van der Waals surface area contributed by atoms with Crippen molar-refractivity contribution in [1.82, 2.24) is 24.7 Å². The van der Waals surface area contributed by atoms with Crippen LogP contribution in [0.5, 0.6) is 0 Å². The second-order valence-electron chi connectivity index (χ2n) is 9.03. The minimum absolute atomic E-state index is 0.00306. The van der Waals surface area contributed by atoms with Crippen molar-refractivity contribution < 1.29 is 8.42 Å². The van der Waals surface area contributed by atoms with Crippen molar-refractivity contribution in [1.29, 1.82) is 0 Å². The molecular weight excluding hydrogens is 536 g/mol. The van der Waals surface area contributed by atoms with Gasteiger partial charge in [0.25, 0.3) is 5.95 Å². The van der Waals surface area contributed by atoms with E-state index in [-0.39, 0.29) is 16.8 Å². The van der Waals surface area contributed by atoms with E-state index in [0.29, 0.717) is 11.6 Å². The van der Waals surface area contributed by atoms with E-state index in [9.17, 15) is 8.42 Å². The van der Waals surface area contributed by atoms with E-state index in [1.807, 2.05) is 97.1 Å². The fourth-order valence-electron chi connectivity index (χ4n) is 4.18. The van der Waals surface area contributed by atoms with Crippen LogP contribution in [0.15, 0.2) is 126 Å². The van der Waals surface area contributed by atoms with E-state index in [4.69, 9.17) is 15.2 Å². The summed E-state index contributed by atoms with van der Waals surface area (Å²) in [5.74, 6) is 0.802. The van der Waals surface area contributed by atoms with Crippen molar-refractivity contribution in [3.63, 3.8) is 0 Å². The summed E-state index contributed by atoms with van der Waals surface area (Å²) in [5, 5.41) is 16.5. The molecule has 4 aromatic carbocycles. The van der Waals surface area contributed by atoms with Crippen molar-refractivity contribution in [2.45, 2.75) is 4.90 Å². The number of primary sulfonamides is 1. The van der Waals surface area contributed by atoms with Crippen molar-refractivity contribution in [2.75, 3.05) is 10.6 Å². The molecule has 202 valence electrons. The fourth-order valence-corrected chi connectivity index (χ4v) is 4.69. The highest BCUT2D eigenvalue weighted by atomic mass is 32.2. The van der Waals surface area contributed by atoms with E-state index >= 15 is 0 Å². The highest BCUT2D eigenvalue weighted by Gasteiger charge is 2.18. The maximum atomic E-state index is 11.7. The monoisotopic (exact) mass is 560 g/mol. The Balaban J connectivity index is 1.47. The number of nitrogens with zero attached hydrogens (tertiary/aromatic N) is 5. The van der Waals surface area contributed by atoms with Gasteiger partial charge in [-0.25, -0.2) is 13.6 Å². The number of benzene rings is 4. The SMILES string of the molecule is NS(=O)(=O)c1ccc(Nc2nc(Nc3ccccc3)nc(-n3nc(-c4ccccc4)cc3-c3ccccc3)n2)cc1. The molecule has 0 amide bonds. The highest BCUT2D eigenvalue weighted by molar-refractivity contribution is 7.89. The molecule has 11 heteroatoms. The third-order valence-electron chi connectivity index (χ3n) is 6.13. The van der Waals surface area contributed by atoms with E-state index in [2.05, 4.69) is 20.6 Å². The predicted octanol–water partition coefficient (Wildman–Crippen LogP) is 5.53. The summed E-state index contributed by atoms with van der Waals surface area (Å²) in [4.78, 5) is 14.0. The van der Waals surface area contributed by atoms with Crippen molar-refractivity contribution >= 4 is 33.3 Å². The van der Waals surface area contributed by atoms with Gasteiger partial charge in [0.05, 0.1) is 16.3 Å². The Morgan fingerprint density at radius 3 is 1.68 bits per heavy atom. The quantitative estimate of drug-likeness (QED) is 0.221. The number of sulfonamides is 1. The number of rotatable bonds is 8. The number of aromatic nitrogens is 5. The zero-order chi connectivity index (χ0) is 28.2. The molecule has 4 N–H and O–H groups in total. The Bertz CT molecular complexity index is 1900. The van der Waals surface area contributed by atoms with E-state index < -0.39 is 10.0 Å². The molecule has 0 atom stereocenters. The number of nitrogens with two attached hydrogens (primary N) is 1. The lowest BCUT2D eigenvalue weighted by atomic mass is 10.1. The van der Waals surface area contributed by atoms with Gasteiger partial charge in [0.15, 0.2) is 0 Å². The average molecular weight is 561 g/mol. The summed E-state index contributed by atoms with van der Waals surface area (Å²) in [6.07, 6.45) is 0. The zero-order valence-electron chi connectivity index (χ0n) is 21.6. The smallest absolute Gasteiger partial charge is 0.257 e. The summed E-state index contributed by atoms with van der Waals surface area (Å²) in [6.45, 7) is 0. The molecule has 0 saturated carbocycles. The van der Waals surface area contributed by atoms with E-state index in [1.165, 1.54) is 12.1 Å². The van der Waals surface area contributed by atoms with Crippen molar-refractivity contribution in [2.24, 2.45) is 5.14 Å². The third kappa shape index (κ3) is 5.96. The molecule has 0 aliphatic heterocycles. The second-order valence-corrected chi connectivity index (χ2v) is 10.6. The number of anilines is 4. The Labute approximate surface area is 236 Å². The molecule has 10 nitrogen and oxygen atoms in total. The van der Waals surface area contributed by atoms with Crippen LogP contribution in [0.4, 0.5) is 23.3 Å². The molecule has 2 heterocycles. The molecule has 2 aromatic heterocycles. The number of hydrogen-bond acceptors (Lipinski definition) is 8. The summed E-state index contributed by atoms with van der Waals surface area (Å²) in [6, 6.07) is 37.3. The van der Waals surface area contributed by atoms with Crippen LogP contribution in [0.1, 0.15) is 0 Å². The van der Waals surface area contributed by atoms with Gasteiger partial charge in [0.2, 0.25) is 21.9 Å². The van der Waals surface area contributed by atoms with Crippen molar-refractivity contribution in [3.05, 3.63) is 121 Å². The van der Waals surface area contributed by atoms with Crippen LogP contribution < -0.4 is 15.8 Å². The molecule has 6 aromatic rings. The van der Waals surface area contributed by atoms with Gasteiger partial charge >= 0.3 is 0 Å². The molecule has 0 unspecified atom stereocenters. The zero-order valence-corrected chi connectivity index (χ0v) is 22.4. The van der Waals surface area contributed by atoms with Crippen LogP contribution in [0, 0.1) is 0 Å². The third-order valence-corrected chi connectivity index (χ3v) is 7.06. The molecular formula is C30H24N8O2S. The molecule has 0 spiro atoms. The van der Waals surface area contributed by atoms with Crippen LogP contribution in [-0.2, 0) is 10.0 Å². The molecule has 6 rings (SSSR count). The molecule has 0 aliphatic carbocycles. The van der Waals surface area contributed by atoms with Crippen molar-refractivity contribution in [3.8, 4) is 28.5 Å². The van der Waals surface area contributed by atoms with Gasteiger partial charge in [0.1, 0.15) is 0 Å². The number of para-hydroxylation sites is 1.